The van der Waals surface area contributed by atoms with Gasteiger partial charge in [0.1, 0.15) is 5.75 Å². The van der Waals surface area contributed by atoms with Gasteiger partial charge in [-0.1, -0.05) is 23.5 Å². The van der Waals surface area contributed by atoms with Crippen LogP contribution in [0.5, 0.6) is 10.9 Å². The first-order valence-electron chi connectivity index (χ1n) is 9.31. The minimum Gasteiger partial charge on any atom is -0.431 e. The number of nitrogens with zero attached hydrogens (tertiary/aromatic N) is 2. The number of para-hydroxylation sites is 1. The standard InChI is InChI=1S/C21H19N3O2S/c1-2-4-20-18(3-1)23-21(27-20)26-15-5-6-17-13(9-22-19(17)8-15)10-24-11-16-7-14(24)12-25-16/h1-6,8-9,14,16,22H,7,10-12H2. The molecule has 0 amide bonds. The number of fused-ring (bicyclic) bond motifs is 4. The topological polar surface area (TPSA) is 50.4 Å². The second-order valence-corrected chi connectivity index (χ2v) is 8.34. The zero-order chi connectivity index (χ0) is 17.8. The van der Waals surface area contributed by atoms with E-state index in [0.717, 1.165) is 41.2 Å². The van der Waals surface area contributed by atoms with Crippen LogP contribution in [0.25, 0.3) is 21.1 Å². The number of thiazole rings is 1. The first kappa shape index (κ1) is 15.6. The number of aromatic amines is 1. The lowest BCUT2D eigenvalue weighted by Gasteiger charge is -2.26. The molecule has 136 valence electrons. The Balaban J connectivity index is 1.25. The molecule has 6 rings (SSSR count). The monoisotopic (exact) mass is 377 g/mol. The third-order valence-electron chi connectivity index (χ3n) is 5.61. The van der Waals surface area contributed by atoms with Crippen molar-refractivity contribution in [3.63, 3.8) is 0 Å². The number of hydrogen-bond donors (Lipinski definition) is 1. The van der Waals surface area contributed by atoms with Crippen LogP contribution < -0.4 is 4.74 Å². The highest BCUT2D eigenvalue weighted by Gasteiger charge is 2.38. The zero-order valence-electron chi connectivity index (χ0n) is 14.7. The lowest BCUT2D eigenvalue weighted by molar-refractivity contribution is 0.0275. The maximum Gasteiger partial charge on any atom is 0.279 e. The molecule has 0 saturated carbocycles. The zero-order valence-corrected chi connectivity index (χ0v) is 15.5. The Bertz CT molecular complexity index is 1100. The largest absolute Gasteiger partial charge is 0.431 e. The Morgan fingerprint density at radius 3 is 3.07 bits per heavy atom. The van der Waals surface area contributed by atoms with E-state index in [1.54, 1.807) is 11.3 Å². The normalized spacial score (nSPS) is 22.2. The van der Waals surface area contributed by atoms with Crippen molar-refractivity contribution in [1.29, 1.82) is 0 Å². The molecule has 5 nitrogen and oxygen atoms in total. The van der Waals surface area contributed by atoms with Crippen molar-refractivity contribution in [2.45, 2.75) is 25.1 Å². The van der Waals surface area contributed by atoms with Crippen LogP contribution in [-0.2, 0) is 11.3 Å². The van der Waals surface area contributed by atoms with Gasteiger partial charge in [-0.15, -0.1) is 0 Å². The van der Waals surface area contributed by atoms with Crippen LogP contribution in [0.2, 0.25) is 0 Å². The number of likely N-dealkylation sites (tertiary alicyclic amines) is 1. The molecule has 6 heteroatoms. The van der Waals surface area contributed by atoms with Gasteiger partial charge in [-0.05, 0) is 36.2 Å². The van der Waals surface area contributed by atoms with Gasteiger partial charge >= 0.3 is 0 Å². The molecule has 4 heterocycles. The van der Waals surface area contributed by atoms with Crippen molar-refractivity contribution in [3.05, 3.63) is 54.2 Å². The van der Waals surface area contributed by atoms with Crippen LogP contribution in [0, 0.1) is 0 Å². The van der Waals surface area contributed by atoms with Crippen LogP contribution in [-0.4, -0.2) is 40.2 Å². The van der Waals surface area contributed by atoms with Gasteiger partial charge in [0.25, 0.3) is 5.19 Å². The molecule has 2 unspecified atom stereocenters. The van der Waals surface area contributed by atoms with Crippen LogP contribution >= 0.6 is 11.3 Å². The lowest BCUT2D eigenvalue weighted by Crippen LogP contribution is -2.36. The van der Waals surface area contributed by atoms with E-state index in [4.69, 9.17) is 9.47 Å². The third kappa shape index (κ3) is 2.72. The Morgan fingerprint density at radius 1 is 1.26 bits per heavy atom. The Morgan fingerprint density at radius 2 is 2.22 bits per heavy atom. The number of morpholine rings is 1. The highest BCUT2D eigenvalue weighted by atomic mass is 32.1. The second-order valence-electron chi connectivity index (χ2n) is 7.35. The van der Waals surface area contributed by atoms with Gasteiger partial charge in [-0.2, -0.15) is 0 Å². The molecule has 2 aliphatic rings. The van der Waals surface area contributed by atoms with Crippen molar-refractivity contribution in [2.24, 2.45) is 0 Å². The summed E-state index contributed by atoms with van der Waals surface area (Å²) < 4.78 is 12.9. The maximum atomic E-state index is 6.01. The van der Waals surface area contributed by atoms with E-state index in [-0.39, 0.29) is 0 Å². The second kappa shape index (κ2) is 6.05. The predicted molar refractivity (Wildman–Crippen MR) is 107 cm³/mol. The molecule has 2 aromatic carbocycles. The van der Waals surface area contributed by atoms with Crippen molar-refractivity contribution in [2.75, 3.05) is 13.2 Å². The van der Waals surface area contributed by atoms with Crippen LogP contribution in [0.15, 0.2) is 48.7 Å². The van der Waals surface area contributed by atoms with Crippen LogP contribution in [0.3, 0.4) is 0 Å². The van der Waals surface area contributed by atoms with Gasteiger partial charge in [-0.25, -0.2) is 4.98 Å². The summed E-state index contributed by atoms with van der Waals surface area (Å²) in [6.07, 6.45) is 3.75. The van der Waals surface area contributed by atoms with Crippen molar-refractivity contribution < 1.29 is 9.47 Å². The molecule has 2 atom stereocenters. The Labute approximate surface area is 160 Å². The molecule has 2 bridgehead atoms. The Hall–Kier alpha value is -2.41. The molecule has 4 aromatic rings. The number of hydrogen-bond acceptors (Lipinski definition) is 5. The summed E-state index contributed by atoms with van der Waals surface area (Å²) in [7, 11) is 0. The lowest BCUT2D eigenvalue weighted by atomic mass is 10.1. The van der Waals surface area contributed by atoms with Crippen LogP contribution in [0.4, 0.5) is 0 Å². The first-order chi connectivity index (χ1) is 13.3. The highest BCUT2D eigenvalue weighted by Crippen LogP contribution is 2.34. The molecular formula is C21H19N3O2S. The van der Waals surface area contributed by atoms with Gasteiger partial charge < -0.3 is 14.5 Å². The fourth-order valence-electron chi connectivity index (χ4n) is 4.25. The van der Waals surface area contributed by atoms with E-state index in [1.807, 2.05) is 24.3 Å². The summed E-state index contributed by atoms with van der Waals surface area (Å²) in [5, 5.41) is 1.94. The van der Waals surface area contributed by atoms with E-state index in [9.17, 15) is 0 Å². The summed E-state index contributed by atoms with van der Waals surface area (Å²) in [5.41, 5.74) is 3.41. The molecule has 2 aliphatic heterocycles. The summed E-state index contributed by atoms with van der Waals surface area (Å²) >= 11 is 1.57. The van der Waals surface area contributed by atoms with E-state index < -0.39 is 0 Å². The summed E-state index contributed by atoms with van der Waals surface area (Å²) in [6, 6.07) is 14.9. The molecule has 27 heavy (non-hydrogen) atoms. The maximum absolute atomic E-state index is 6.01. The van der Waals surface area contributed by atoms with Crippen molar-refractivity contribution in [3.8, 4) is 10.9 Å². The fraction of sp³-hybridized carbons (Fsp3) is 0.286. The number of aromatic nitrogens is 2. The number of nitrogens with one attached hydrogen (secondary N) is 1. The van der Waals surface area contributed by atoms with Gasteiger partial charge in [0, 0.05) is 42.3 Å². The first-order valence-corrected chi connectivity index (χ1v) is 10.1. The van der Waals surface area contributed by atoms with Crippen molar-refractivity contribution >= 4 is 32.5 Å². The Kier molecular flexibility index (Phi) is 3.50. The summed E-state index contributed by atoms with van der Waals surface area (Å²) in [5.74, 6) is 0.809. The average Bonchev–Trinajstić information content (AvgIpc) is 3.45. The minimum atomic E-state index is 0.439. The molecule has 2 saturated heterocycles. The molecule has 0 aliphatic carbocycles. The SMILES string of the molecule is c1ccc2sc(Oc3ccc4c(CN5CC6CC5CO6)c[nH]c4c3)nc2c1. The molecule has 2 fully saturated rings. The van der Waals surface area contributed by atoms with Gasteiger partial charge in [0.15, 0.2) is 0 Å². The minimum absolute atomic E-state index is 0.439. The number of H-pyrrole nitrogens is 1. The van der Waals surface area contributed by atoms with Gasteiger partial charge in [0.05, 0.1) is 22.9 Å². The third-order valence-corrected chi connectivity index (χ3v) is 6.52. The van der Waals surface area contributed by atoms with Crippen LogP contribution in [0.1, 0.15) is 12.0 Å². The molecule has 1 N–H and O–H groups in total. The van der Waals surface area contributed by atoms with E-state index >= 15 is 0 Å². The summed E-state index contributed by atoms with van der Waals surface area (Å²) in [4.78, 5) is 10.5. The fourth-order valence-corrected chi connectivity index (χ4v) is 5.08. The van der Waals surface area contributed by atoms with E-state index in [1.165, 1.54) is 17.4 Å². The van der Waals surface area contributed by atoms with E-state index in [2.05, 4.69) is 39.3 Å². The molecule has 2 aromatic heterocycles. The van der Waals surface area contributed by atoms with Gasteiger partial charge in [-0.3, -0.25) is 4.90 Å². The quantitative estimate of drug-likeness (QED) is 0.567. The number of ether oxygens (including phenoxy) is 2. The molecule has 0 spiro atoms. The smallest absolute Gasteiger partial charge is 0.279 e. The van der Waals surface area contributed by atoms with E-state index in [0.29, 0.717) is 17.3 Å². The number of rotatable bonds is 4. The molecular weight excluding hydrogens is 358 g/mol. The summed E-state index contributed by atoms with van der Waals surface area (Å²) in [6.45, 7) is 2.91. The van der Waals surface area contributed by atoms with Gasteiger partial charge in [0.2, 0.25) is 0 Å². The number of benzene rings is 2. The highest BCUT2D eigenvalue weighted by molar-refractivity contribution is 7.20. The van der Waals surface area contributed by atoms with Crippen molar-refractivity contribution in [1.82, 2.24) is 14.9 Å². The average molecular weight is 377 g/mol. The molecule has 0 radical (unpaired) electrons. The predicted octanol–water partition coefficient (Wildman–Crippen LogP) is 4.54.